The molecule has 0 saturated heterocycles. The normalized spacial score (nSPS) is 19.0. The molecule has 2 aromatic rings. The van der Waals surface area contributed by atoms with Crippen LogP contribution in [0.25, 0.3) is 0 Å². The topological polar surface area (TPSA) is 63.4 Å². The SMILES string of the molecule is CN(C(=O)[C@H]1C[C@H]1c1cccc(F)c1F)c1ccc(C(N)=O)cc1. The zero-order valence-electron chi connectivity index (χ0n) is 13.0. The van der Waals surface area contributed by atoms with Crippen molar-refractivity contribution in [3.63, 3.8) is 0 Å². The van der Waals surface area contributed by atoms with Crippen molar-refractivity contribution in [3.8, 4) is 0 Å². The van der Waals surface area contributed by atoms with Crippen molar-refractivity contribution in [1.29, 1.82) is 0 Å². The molecule has 0 heterocycles. The fraction of sp³-hybridized carbons (Fsp3) is 0.222. The van der Waals surface area contributed by atoms with Crippen LogP contribution in [0.2, 0.25) is 0 Å². The second-order valence-corrected chi connectivity index (χ2v) is 5.90. The van der Waals surface area contributed by atoms with Gasteiger partial charge in [-0.3, -0.25) is 9.59 Å². The van der Waals surface area contributed by atoms with Crippen molar-refractivity contribution in [2.45, 2.75) is 12.3 Å². The van der Waals surface area contributed by atoms with Crippen molar-refractivity contribution in [2.24, 2.45) is 11.7 Å². The van der Waals surface area contributed by atoms with Gasteiger partial charge in [0.1, 0.15) is 0 Å². The Balaban J connectivity index is 1.73. The second kappa shape index (κ2) is 6.03. The smallest absolute Gasteiger partial charge is 0.248 e. The van der Waals surface area contributed by atoms with Crippen LogP contribution >= 0.6 is 0 Å². The lowest BCUT2D eigenvalue weighted by molar-refractivity contribution is -0.119. The summed E-state index contributed by atoms with van der Waals surface area (Å²) < 4.78 is 27.1. The summed E-state index contributed by atoms with van der Waals surface area (Å²) in [6, 6.07) is 10.3. The number of hydrogen-bond donors (Lipinski definition) is 1. The van der Waals surface area contributed by atoms with Crippen molar-refractivity contribution >= 4 is 17.5 Å². The summed E-state index contributed by atoms with van der Waals surface area (Å²) in [6.07, 6.45) is 0.489. The maximum absolute atomic E-state index is 13.8. The Bertz CT molecular complexity index is 805. The van der Waals surface area contributed by atoms with Crippen LogP contribution in [0.3, 0.4) is 0 Å². The van der Waals surface area contributed by atoms with Crippen molar-refractivity contribution in [1.82, 2.24) is 0 Å². The zero-order chi connectivity index (χ0) is 17.4. The Labute approximate surface area is 137 Å². The molecular formula is C18H16F2N2O2. The molecule has 2 amide bonds. The molecule has 2 atom stereocenters. The highest BCUT2D eigenvalue weighted by Gasteiger charge is 2.46. The third-order valence-corrected chi connectivity index (χ3v) is 4.36. The van der Waals surface area contributed by atoms with Gasteiger partial charge in [0, 0.05) is 24.2 Å². The number of rotatable bonds is 4. The molecule has 6 heteroatoms. The minimum absolute atomic E-state index is 0.171. The third-order valence-electron chi connectivity index (χ3n) is 4.36. The molecule has 1 aliphatic carbocycles. The molecule has 1 saturated carbocycles. The van der Waals surface area contributed by atoms with Crippen molar-refractivity contribution in [2.75, 3.05) is 11.9 Å². The number of halogens is 2. The van der Waals surface area contributed by atoms with Crippen LogP contribution in [0.15, 0.2) is 42.5 Å². The Kier molecular flexibility index (Phi) is 4.05. The Hall–Kier alpha value is -2.76. The Morgan fingerprint density at radius 1 is 1.12 bits per heavy atom. The molecule has 0 spiro atoms. The van der Waals surface area contributed by atoms with Crippen molar-refractivity contribution in [3.05, 3.63) is 65.2 Å². The lowest BCUT2D eigenvalue weighted by Gasteiger charge is -2.17. The number of amides is 2. The standard InChI is InChI=1S/C18H16F2N2O2/c1-22(11-7-5-10(6-8-11)17(21)23)18(24)14-9-13(14)12-3-2-4-15(19)16(12)20/h2-8,13-14H,9H2,1H3,(H2,21,23)/t13-,14-/m0/s1. The molecule has 1 aliphatic rings. The van der Waals surface area contributed by atoms with E-state index in [0.29, 0.717) is 17.7 Å². The van der Waals surface area contributed by atoms with E-state index in [0.717, 1.165) is 6.07 Å². The molecule has 4 nitrogen and oxygen atoms in total. The van der Waals surface area contributed by atoms with Gasteiger partial charge < -0.3 is 10.6 Å². The molecule has 124 valence electrons. The van der Waals surface area contributed by atoms with Gasteiger partial charge in [-0.2, -0.15) is 0 Å². The summed E-state index contributed by atoms with van der Waals surface area (Å²) in [7, 11) is 1.61. The van der Waals surface area contributed by atoms with Crippen LogP contribution in [0.5, 0.6) is 0 Å². The Morgan fingerprint density at radius 2 is 1.79 bits per heavy atom. The van der Waals surface area contributed by atoms with E-state index in [9.17, 15) is 18.4 Å². The first-order valence-electron chi connectivity index (χ1n) is 7.51. The van der Waals surface area contributed by atoms with Crippen LogP contribution in [-0.2, 0) is 4.79 Å². The number of hydrogen-bond acceptors (Lipinski definition) is 2. The number of nitrogens with two attached hydrogens (primary N) is 1. The molecule has 0 aromatic heterocycles. The number of carbonyl (C=O) groups is 2. The summed E-state index contributed by atoms with van der Waals surface area (Å²) in [6.45, 7) is 0. The number of nitrogens with zero attached hydrogens (tertiary/aromatic N) is 1. The van der Waals surface area contributed by atoms with Gasteiger partial charge in [0.05, 0.1) is 0 Å². The van der Waals surface area contributed by atoms with Gasteiger partial charge in [-0.1, -0.05) is 12.1 Å². The van der Waals surface area contributed by atoms with E-state index in [1.807, 2.05) is 0 Å². The molecule has 0 bridgehead atoms. The fourth-order valence-corrected chi connectivity index (χ4v) is 2.84. The first-order chi connectivity index (χ1) is 11.4. The molecule has 2 N–H and O–H groups in total. The maximum Gasteiger partial charge on any atom is 0.248 e. The predicted octanol–water partition coefficient (Wildman–Crippen LogP) is 2.83. The van der Waals surface area contributed by atoms with Gasteiger partial charge in [0.2, 0.25) is 11.8 Å². The fourth-order valence-electron chi connectivity index (χ4n) is 2.84. The zero-order valence-corrected chi connectivity index (χ0v) is 13.0. The van der Waals surface area contributed by atoms with Crippen LogP contribution in [0.1, 0.15) is 28.3 Å². The average molecular weight is 330 g/mol. The van der Waals surface area contributed by atoms with Gasteiger partial charge in [-0.05, 0) is 48.2 Å². The lowest BCUT2D eigenvalue weighted by atomic mass is 10.1. The first kappa shape index (κ1) is 16.1. The summed E-state index contributed by atoms with van der Waals surface area (Å²) in [5, 5.41) is 0. The van der Waals surface area contributed by atoms with E-state index >= 15 is 0 Å². The van der Waals surface area contributed by atoms with Gasteiger partial charge in [-0.15, -0.1) is 0 Å². The van der Waals surface area contributed by atoms with Gasteiger partial charge in [-0.25, -0.2) is 8.78 Å². The van der Waals surface area contributed by atoms with Gasteiger partial charge in [0.15, 0.2) is 11.6 Å². The van der Waals surface area contributed by atoms with Crippen LogP contribution in [-0.4, -0.2) is 18.9 Å². The third kappa shape index (κ3) is 2.87. The molecule has 2 aromatic carbocycles. The molecular weight excluding hydrogens is 314 g/mol. The monoisotopic (exact) mass is 330 g/mol. The molecule has 0 aliphatic heterocycles. The van der Waals surface area contributed by atoms with Crippen LogP contribution in [0, 0.1) is 17.6 Å². The number of anilines is 1. The molecule has 0 unspecified atom stereocenters. The molecule has 1 fully saturated rings. The number of primary amides is 1. The van der Waals surface area contributed by atoms with E-state index in [1.165, 1.54) is 29.2 Å². The van der Waals surface area contributed by atoms with E-state index in [-0.39, 0.29) is 23.3 Å². The van der Waals surface area contributed by atoms with Gasteiger partial charge in [0.25, 0.3) is 0 Å². The van der Waals surface area contributed by atoms with Crippen LogP contribution in [0.4, 0.5) is 14.5 Å². The van der Waals surface area contributed by atoms with E-state index in [1.54, 1.807) is 19.2 Å². The quantitative estimate of drug-likeness (QED) is 0.937. The average Bonchev–Trinajstić information content (AvgIpc) is 3.36. The Morgan fingerprint density at radius 3 is 2.42 bits per heavy atom. The summed E-state index contributed by atoms with van der Waals surface area (Å²) >= 11 is 0. The first-order valence-corrected chi connectivity index (χ1v) is 7.51. The van der Waals surface area contributed by atoms with Crippen LogP contribution < -0.4 is 10.6 Å². The van der Waals surface area contributed by atoms with Gasteiger partial charge >= 0.3 is 0 Å². The number of benzene rings is 2. The summed E-state index contributed by atoms with van der Waals surface area (Å²) in [4.78, 5) is 25.0. The highest BCUT2D eigenvalue weighted by molar-refractivity contribution is 5.98. The largest absolute Gasteiger partial charge is 0.366 e. The number of carbonyl (C=O) groups excluding carboxylic acids is 2. The molecule has 24 heavy (non-hydrogen) atoms. The van der Waals surface area contributed by atoms with E-state index < -0.39 is 17.5 Å². The highest BCUT2D eigenvalue weighted by atomic mass is 19.2. The summed E-state index contributed by atoms with van der Waals surface area (Å²) in [5.41, 5.74) is 6.38. The minimum Gasteiger partial charge on any atom is -0.366 e. The van der Waals surface area contributed by atoms with E-state index in [2.05, 4.69) is 0 Å². The molecule has 0 radical (unpaired) electrons. The summed E-state index contributed by atoms with van der Waals surface area (Å²) in [5.74, 6) is -3.18. The van der Waals surface area contributed by atoms with E-state index in [4.69, 9.17) is 5.73 Å². The lowest BCUT2D eigenvalue weighted by Crippen LogP contribution is -2.28. The second-order valence-electron chi connectivity index (χ2n) is 5.90. The predicted molar refractivity (Wildman–Crippen MR) is 85.6 cm³/mol. The minimum atomic E-state index is -0.902. The highest BCUT2D eigenvalue weighted by Crippen LogP contribution is 2.49. The maximum atomic E-state index is 13.8. The van der Waals surface area contributed by atoms with Crippen molar-refractivity contribution < 1.29 is 18.4 Å². The molecule has 3 rings (SSSR count).